The van der Waals surface area contributed by atoms with E-state index in [0.717, 1.165) is 0 Å². The maximum absolute atomic E-state index is 10.6. The van der Waals surface area contributed by atoms with Crippen LogP contribution in [-0.2, 0) is 24.1 Å². The zero-order chi connectivity index (χ0) is 9.83. The van der Waals surface area contributed by atoms with Crippen LogP contribution in [0, 0.1) is 0 Å². The molecule has 0 aromatic carbocycles. The second kappa shape index (κ2) is 6.30. The first-order valence-corrected chi connectivity index (χ1v) is 5.77. The van der Waals surface area contributed by atoms with Gasteiger partial charge in [-0.2, -0.15) is 16.8 Å². The molecule has 0 aliphatic rings. The summed E-state index contributed by atoms with van der Waals surface area (Å²) in [5, 5.41) is 2.47. The molecule has 0 spiro atoms. The summed E-state index contributed by atoms with van der Waals surface area (Å²) in [6, 6.07) is 0. The van der Waals surface area contributed by atoms with Crippen molar-refractivity contribution in [3.63, 3.8) is 0 Å². The Bertz CT molecular complexity index is 320. The molecule has 10 heteroatoms. The van der Waals surface area contributed by atoms with E-state index in [-0.39, 0.29) is 36.1 Å². The molecular weight excluding hydrogens is 233 g/mol. The Kier molecular flexibility index (Phi) is 7.86. The average molecular weight is 243 g/mol. The minimum atomic E-state index is -4.93. The number of nitrogens with one attached hydrogen (secondary N) is 1. The van der Waals surface area contributed by atoms with E-state index < -0.39 is 26.3 Å². The third kappa shape index (κ3) is 10.7. The fourth-order valence-corrected chi connectivity index (χ4v) is 2.17. The van der Waals surface area contributed by atoms with Gasteiger partial charge in [0, 0.05) is 6.54 Å². The number of hydrogen-bond acceptors (Lipinski definition) is 6. The average Bonchev–Trinajstić information content (AvgIpc) is 1.78. The normalized spacial score (nSPS) is 12.2. The van der Waals surface area contributed by atoms with Crippen molar-refractivity contribution >= 4 is 50.1 Å². The van der Waals surface area contributed by atoms with Gasteiger partial charge < -0.3 is 5.32 Å². The summed E-state index contributed by atoms with van der Waals surface area (Å²) in [6.45, 7) is 0.0395. The molecule has 0 rings (SSSR count). The SMILES string of the molecule is CNCCS(=O)(=O)OS(=O)(=O)O.[NaH]. The van der Waals surface area contributed by atoms with E-state index in [1.54, 1.807) is 0 Å². The van der Waals surface area contributed by atoms with Gasteiger partial charge in [-0.1, -0.05) is 0 Å². The first kappa shape index (κ1) is 16.2. The molecule has 0 aromatic rings. The topological polar surface area (TPSA) is 110 Å². The van der Waals surface area contributed by atoms with E-state index in [0.29, 0.717) is 0 Å². The summed E-state index contributed by atoms with van der Waals surface area (Å²) in [5.41, 5.74) is 0. The second-order valence-corrected chi connectivity index (χ2v) is 4.78. The predicted octanol–water partition coefficient (Wildman–Crippen LogP) is -2.29. The summed E-state index contributed by atoms with van der Waals surface area (Å²) < 4.78 is 52.5. The molecule has 0 aliphatic carbocycles. The van der Waals surface area contributed by atoms with Crippen LogP contribution in [0.1, 0.15) is 0 Å². The van der Waals surface area contributed by atoms with Gasteiger partial charge in [-0.25, -0.2) is 0 Å². The van der Waals surface area contributed by atoms with Crippen molar-refractivity contribution in [1.82, 2.24) is 5.32 Å². The van der Waals surface area contributed by atoms with Crippen LogP contribution < -0.4 is 5.32 Å². The van der Waals surface area contributed by atoms with Crippen LogP contribution in [0.5, 0.6) is 0 Å². The first-order valence-electron chi connectivity index (χ1n) is 2.82. The van der Waals surface area contributed by atoms with E-state index in [1.165, 1.54) is 7.05 Å². The summed E-state index contributed by atoms with van der Waals surface area (Å²) >= 11 is 0. The Hall–Kier alpha value is 0.780. The third-order valence-electron chi connectivity index (χ3n) is 0.792. The van der Waals surface area contributed by atoms with Gasteiger partial charge in [0.25, 0.3) is 10.1 Å². The van der Waals surface area contributed by atoms with Crippen molar-refractivity contribution in [3.05, 3.63) is 0 Å². The van der Waals surface area contributed by atoms with Crippen molar-refractivity contribution < 1.29 is 25.0 Å². The van der Waals surface area contributed by atoms with Gasteiger partial charge in [0.05, 0.1) is 5.75 Å². The molecule has 0 amide bonds. The standard InChI is InChI=1S/C3H9NO6S2.Na.H/c1-4-2-3-11(5,6)10-12(7,8)9;;/h4H,2-3H2,1H3,(H,7,8,9);;. The second-order valence-electron chi connectivity index (χ2n) is 1.86. The molecular formula is C3H10NNaO6S2. The van der Waals surface area contributed by atoms with Crippen LogP contribution in [0.25, 0.3) is 0 Å². The van der Waals surface area contributed by atoms with Crippen molar-refractivity contribution in [2.75, 3.05) is 19.3 Å². The molecule has 7 nitrogen and oxygen atoms in total. The first-order chi connectivity index (χ1) is 5.27. The van der Waals surface area contributed by atoms with Crippen molar-refractivity contribution in [2.24, 2.45) is 0 Å². The molecule has 0 aliphatic heterocycles. The van der Waals surface area contributed by atoms with Gasteiger partial charge in [0.2, 0.25) is 0 Å². The van der Waals surface area contributed by atoms with Crippen LogP contribution >= 0.6 is 0 Å². The van der Waals surface area contributed by atoms with E-state index in [2.05, 4.69) is 8.95 Å². The number of hydrogen-bond donors (Lipinski definition) is 2. The zero-order valence-corrected chi connectivity index (χ0v) is 7.85. The minimum absolute atomic E-state index is 0. The molecule has 0 unspecified atom stereocenters. The van der Waals surface area contributed by atoms with E-state index in [1.807, 2.05) is 0 Å². The van der Waals surface area contributed by atoms with Crippen LogP contribution in [0.2, 0.25) is 0 Å². The van der Waals surface area contributed by atoms with Crippen molar-refractivity contribution in [3.8, 4) is 0 Å². The Morgan fingerprint density at radius 3 is 2.08 bits per heavy atom. The van der Waals surface area contributed by atoms with Gasteiger partial charge in [-0.3, -0.25) is 4.55 Å². The molecule has 0 saturated carbocycles. The summed E-state index contributed by atoms with van der Waals surface area (Å²) in [5.74, 6) is -0.525. The van der Waals surface area contributed by atoms with Gasteiger partial charge in [-0.05, 0) is 7.05 Å². The summed E-state index contributed by atoms with van der Waals surface area (Å²) in [7, 11) is -7.64. The van der Waals surface area contributed by atoms with E-state index in [9.17, 15) is 16.8 Å². The Morgan fingerprint density at radius 1 is 1.31 bits per heavy atom. The maximum atomic E-state index is 10.6. The molecule has 0 saturated heterocycles. The molecule has 0 bridgehead atoms. The van der Waals surface area contributed by atoms with Gasteiger partial charge in [0.15, 0.2) is 0 Å². The van der Waals surface area contributed by atoms with Crippen molar-refractivity contribution in [2.45, 2.75) is 0 Å². The fraction of sp³-hybridized carbons (Fsp3) is 1.00. The Labute approximate surface area is 99.2 Å². The Morgan fingerprint density at radius 2 is 1.77 bits per heavy atom. The Balaban J connectivity index is 0. The van der Waals surface area contributed by atoms with E-state index >= 15 is 0 Å². The van der Waals surface area contributed by atoms with Gasteiger partial charge in [-0.15, -0.1) is 3.63 Å². The fourth-order valence-electron chi connectivity index (χ4n) is 0.392. The van der Waals surface area contributed by atoms with Crippen LogP contribution in [-0.4, -0.2) is 70.3 Å². The van der Waals surface area contributed by atoms with Crippen LogP contribution in [0.4, 0.5) is 0 Å². The molecule has 0 heterocycles. The van der Waals surface area contributed by atoms with Gasteiger partial charge in [0.1, 0.15) is 0 Å². The monoisotopic (exact) mass is 243 g/mol. The van der Waals surface area contributed by atoms with Crippen LogP contribution in [0.15, 0.2) is 0 Å². The summed E-state index contributed by atoms with van der Waals surface area (Å²) in [4.78, 5) is 0. The van der Waals surface area contributed by atoms with E-state index in [4.69, 9.17) is 4.55 Å². The molecule has 2 N–H and O–H groups in total. The predicted molar refractivity (Wildman–Crippen MR) is 47.5 cm³/mol. The molecule has 0 fully saturated rings. The molecule has 13 heavy (non-hydrogen) atoms. The third-order valence-corrected chi connectivity index (χ3v) is 3.01. The van der Waals surface area contributed by atoms with Crippen molar-refractivity contribution in [1.29, 1.82) is 0 Å². The molecule has 0 radical (unpaired) electrons. The zero-order valence-electron chi connectivity index (χ0n) is 6.22. The molecule has 0 aromatic heterocycles. The molecule has 0 atom stereocenters. The van der Waals surface area contributed by atoms with Gasteiger partial charge >= 0.3 is 40.0 Å². The quantitative estimate of drug-likeness (QED) is 0.413. The summed E-state index contributed by atoms with van der Waals surface area (Å²) in [6.07, 6.45) is 0. The molecule has 76 valence electrons. The van der Waals surface area contributed by atoms with Crippen LogP contribution in [0.3, 0.4) is 0 Å². The number of rotatable bonds is 5.